The van der Waals surface area contributed by atoms with Gasteiger partial charge in [0.05, 0.1) is 11.9 Å². The van der Waals surface area contributed by atoms with Crippen molar-refractivity contribution in [3.05, 3.63) is 84.1 Å². The molecule has 130 valence electrons. The van der Waals surface area contributed by atoms with Crippen LogP contribution in [0.25, 0.3) is 16.7 Å². The Morgan fingerprint density at radius 1 is 1.19 bits per heavy atom. The molecule has 0 fully saturated rings. The third-order valence-electron chi connectivity index (χ3n) is 4.13. The highest BCUT2D eigenvalue weighted by molar-refractivity contribution is 5.95. The van der Waals surface area contributed by atoms with Crippen LogP contribution < -0.4 is 0 Å². The Balaban J connectivity index is 1.50. The van der Waals surface area contributed by atoms with Gasteiger partial charge in [-0.25, -0.2) is 9.07 Å². The van der Waals surface area contributed by atoms with Gasteiger partial charge < -0.3 is 9.32 Å². The average molecular weight is 349 g/mol. The molecule has 5 nitrogen and oxygen atoms in total. The molecule has 4 rings (SSSR count). The van der Waals surface area contributed by atoms with Gasteiger partial charge in [0.15, 0.2) is 5.76 Å². The summed E-state index contributed by atoms with van der Waals surface area (Å²) < 4.78 is 20.3. The fourth-order valence-corrected chi connectivity index (χ4v) is 2.80. The Bertz CT molecular complexity index is 1030. The first-order chi connectivity index (χ1) is 12.6. The van der Waals surface area contributed by atoms with Crippen molar-refractivity contribution in [3.63, 3.8) is 0 Å². The number of amides is 1. The highest BCUT2D eigenvalue weighted by Crippen LogP contribution is 2.20. The molecule has 0 N–H and O–H groups in total. The van der Waals surface area contributed by atoms with Crippen molar-refractivity contribution in [1.82, 2.24) is 14.7 Å². The van der Waals surface area contributed by atoms with E-state index in [1.54, 1.807) is 41.0 Å². The molecule has 0 aliphatic carbocycles. The smallest absolute Gasteiger partial charge is 0.289 e. The van der Waals surface area contributed by atoms with E-state index >= 15 is 0 Å². The molecular formula is C20H16FN3O2. The number of aromatic nitrogens is 2. The zero-order valence-electron chi connectivity index (χ0n) is 14.1. The lowest BCUT2D eigenvalue weighted by Crippen LogP contribution is -2.25. The summed E-state index contributed by atoms with van der Waals surface area (Å²) in [6, 6.07) is 15.3. The highest BCUT2D eigenvalue weighted by atomic mass is 19.1. The molecule has 0 saturated heterocycles. The number of furan rings is 1. The van der Waals surface area contributed by atoms with Crippen molar-refractivity contribution in [2.24, 2.45) is 0 Å². The molecule has 2 heterocycles. The van der Waals surface area contributed by atoms with E-state index < -0.39 is 0 Å². The number of para-hydroxylation sites is 1. The van der Waals surface area contributed by atoms with E-state index in [0.29, 0.717) is 17.9 Å². The molecule has 4 aromatic rings. The molecule has 0 saturated carbocycles. The number of hydrogen-bond donors (Lipinski definition) is 0. The summed E-state index contributed by atoms with van der Waals surface area (Å²) in [4.78, 5) is 14.2. The Morgan fingerprint density at radius 2 is 1.96 bits per heavy atom. The molecule has 1 amide bonds. The number of carbonyl (C=O) groups is 1. The first-order valence-electron chi connectivity index (χ1n) is 8.14. The van der Waals surface area contributed by atoms with Crippen LogP contribution in [0.4, 0.5) is 4.39 Å². The number of fused-ring (bicyclic) bond motifs is 1. The molecule has 0 aliphatic rings. The molecule has 0 radical (unpaired) electrons. The van der Waals surface area contributed by atoms with Crippen LogP contribution >= 0.6 is 0 Å². The molecule has 2 aromatic heterocycles. The highest BCUT2D eigenvalue weighted by Gasteiger charge is 2.17. The summed E-state index contributed by atoms with van der Waals surface area (Å²) in [6.45, 7) is 0.386. The molecule has 0 spiro atoms. The number of benzene rings is 2. The molecule has 2 aromatic carbocycles. The Labute approximate surface area is 149 Å². The average Bonchev–Trinajstić information content (AvgIpc) is 3.28. The van der Waals surface area contributed by atoms with Crippen LogP contribution in [0.2, 0.25) is 0 Å². The predicted octanol–water partition coefficient (Wildman–Crippen LogP) is 4.03. The number of rotatable bonds is 4. The minimum absolute atomic E-state index is 0.198. The first kappa shape index (κ1) is 16.1. The SMILES string of the molecule is CN(Cc1cnn(-c2ccc(F)cc2)c1)C(=O)c1cc2ccccc2o1. The van der Waals surface area contributed by atoms with Crippen LogP contribution in [0.1, 0.15) is 16.1 Å². The fraction of sp³-hybridized carbons (Fsp3) is 0.100. The molecule has 0 unspecified atom stereocenters. The van der Waals surface area contributed by atoms with Crippen LogP contribution in [0, 0.1) is 5.82 Å². The van der Waals surface area contributed by atoms with Crippen LogP contribution in [0.15, 0.2) is 71.4 Å². The molecule has 6 heteroatoms. The van der Waals surface area contributed by atoms with E-state index in [9.17, 15) is 9.18 Å². The monoisotopic (exact) mass is 349 g/mol. The van der Waals surface area contributed by atoms with Crippen LogP contribution in [-0.2, 0) is 6.54 Å². The third kappa shape index (κ3) is 3.09. The van der Waals surface area contributed by atoms with Crippen molar-refractivity contribution in [2.45, 2.75) is 6.54 Å². The summed E-state index contributed by atoms with van der Waals surface area (Å²) >= 11 is 0. The van der Waals surface area contributed by atoms with Gasteiger partial charge in [-0.1, -0.05) is 18.2 Å². The van der Waals surface area contributed by atoms with Crippen molar-refractivity contribution in [3.8, 4) is 5.69 Å². The molecule has 0 atom stereocenters. The van der Waals surface area contributed by atoms with Gasteiger partial charge >= 0.3 is 0 Å². The summed E-state index contributed by atoms with van der Waals surface area (Å²) in [5.41, 5.74) is 2.30. The van der Waals surface area contributed by atoms with Gasteiger partial charge in [0.25, 0.3) is 5.91 Å². The van der Waals surface area contributed by atoms with Gasteiger partial charge in [-0.3, -0.25) is 4.79 Å². The minimum atomic E-state index is -0.294. The second kappa shape index (κ2) is 6.48. The summed E-state index contributed by atoms with van der Waals surface area (Å²) in [5, 5.41) is 5.17. The Hall–Kier alpha value is -3.41. The Kier molecular flexibility index (Phi) is 4.01. The van der Waals surface area contributed by atoms with Gasteiger partial charge in [-0.15, -0.1) is 0 Å². The lowest BCUT2D eigenvalue weighted by Gasteiger charge is -2.14. The predicted molar refractivity (Wildman–Crippen MR) is 95.5 cm³/mol. The molecule has 0 aliphatic heterocycles. The van der Waals surface area contributed by atoms with E-state index in [1.807, 2.05) is 30.5 Å². The quantitative estimate of drug-likeness (QED) is 0.559. The van der Waals surface area contributed by atoms with E-state index in [4.69, 9.17) is 4.42 Å². The zero-order chi connectivity index (χ0) is 18.1. The second-order valence-corrected chi connectivity index (χ2v) is 6.08. The maximum Gasteiger partial charge on any atom is 0.289 e. The molecule has 0 bridgehead atoms. The maximum absolute atomic E-state index is 13.0. The van der Waals surface area contributed by atoms with Gasteiger partial charge in [0, 0.05) is 30.7 Å². The standard InChI is InChI=1S/C20H16FN3O2/c1-23(20(25)19-10-15-4-2-3-5-18(15)26-19)12-14-11-22-24(13-14)17-8-6-16(21)7-9-17/h2-11,13H,12H2,1H3. The van der Waals surface area contributed by atoms with E-state index in [-0.39, 0.29) is 11.7 Å². The van der Waals surface area contributed by atoms with Crippen LogP contribution in [0.3, 0.4) is 0 Å². The largest absolute Gasteiger partial charge is 0.451 e. The topological polar surface area (TPSA) is 51.3 Å². The number of halogens is 1. The summed E-state index contributed by atoms with van der Waals surface area (Å²) in [5.74, 6) is -0.187. The first-order valence-corrected chi connectivity index (χ1v) is 8.14. The third-order valence-corrected chi connectivity index (χ3v) is 4.13. The second-order valence-electron chi connectivity index (χ2n) is 6.08. The number of carbonyl (C=O) groups excluding carboxylic acids is 1. The van der Waals surface area contributed by atoms with E-state index in [0.717, 1.165) is 16.6 Å². The van der Waals surface area contributed by atoms with Crippen molar-refractivity contribution >= 4 is 16.9 Å². The summed E-state index contributed by atoms with van der Waals surface area (Å²) in [7, 11) is 1.71. The van der Waals surface area contributed by atoms with Crippen molar-refractivity contribution < 1.29 is 13.6 Å². The molecule has 26 heavy (non-hydrogen) atoms. The lowest BCUT2D eigenvalue weighted by atomic mass is 10.2. The van der Waals surface area contributed by atoms with Crippen LogP contribution in [-0.4, -0.2) is 27.6 Å². The van der Waals surface area contributed by atoms with Gasteiger partial charge in [-0.2, -0.15) is 5.10 Å². The van der Waals surface area contributed by atoms with Gasteiger partial charge in [0.1, 0.15) is 11.4 Å². The van der Waals surface area contributed by atoms with E-state index in [1.165, 1.54) is 12.1 Å². The Morgan fingerprint density at radius 3 is 2.73 bits per heavy atom. The van der Waals surface area contributed by atoms with Gasteiger partial charge in [-0.05, 0) is 36.4 Å². The van der Waals surface area contributed by atoms with E-state index in [2.05, 4.69) is 5.10 Å². The number of hydrogen-bond acceptors (Lipinski definition) is 3. The van der Waals surface area contributed by atoms with Crippen LogP contribution in [0.5, 0.6) is 0 Å². The lowest BCUT2D eigenvalue weighted by molar-refractivity contribution is 0.0756. The van der Waals surface area contributed by atoms with Crippen molar-refractivity contribution in [1.29, 1.82) is 0 Å². The van der Waals surface area contributed by atoms with Gasteiger partial charge in [0.2, 0.25) is 0 Å². The summed E-state index contributed by atoms with van der Waals surface area (Å²) in [6.07, 6.45) is 3.50. The zero-order valence-corrected chi connectivity index (χ0v) is 14.1. The van der Waals surface area contributed by atoms with Crippen molar-refractivity contribution in [2.75, 3.05) is 7.05 Å². The fourth-order valence-electron chi connectivity index (χ4n) is 2.80. The normalized spacial score (nSPS) is 11.0. The molecular weight excluding hydrogens is 333 g/mol. The minimum Gasteiger partial charge on any atom is -0.451 e. The number of nitrogens with zero attached hydrogens (tertiary/aromatic N) is 3. The maximum atomic E-state index is 13.0.